The predicted octanol–water partition coefficient (Wildman–Crippen LogP) is 3.93. The molecule has 0 heterocycles. The van der Waals surface area contributed by atoms with Crippen LogP contribution in [0.4, 0.5) is 0 Å². The summed E-state index contributed by atoms with van der Waals surface area (Å²) in [5.74, 6) is 1.22. The minimum atomic E-state index is -0.707. The molecule has 0 saturated heterocycles. The number of nitrogens with zero attached hydrogens (tertiary/aromatic N) is 1. The molecule has 2 amide bonds. The van der Waals surface area contributed by atoms with Crippen molar-refractivity contribution in [1.82, 2.24) is 10.2 Å². The number of hydrogen-bond donors (Lipinski definition) is 1. The third-order valence-electron chi connectivity index (χ3n) is 4.84. The first kappa shape index (κ1) is 25.3. The Morgan fingerprint density at radius 3 is 2.16 bits per heavy atom. The van der Waals surface area contributed by atoms with Crippen molar-refractivity contribution in [2.45, 2.75) is 33.4 Å². The van der Waals surface area contributed by atoms with Gasteiger partial charge < -0.3 is 24.4 Å². The highest BCUT2D eigenvalue weighted by atomic mass is 35.5. The first-order valence-electron chi connectivity index (χ1n) is 10.4. The first-order chi connectivity index (χ1) is 15.2. The SMILES string of the molecule is COc1cc(OC)cc(OCC(=O)N(Cc2ccccc2Cl)C(C)C(=O)NCC(C)C)c1. The highest BCUT2D eigenvalue weighted by molar-refractivity contribution is 6.31. The summed E-state index contributed by atoms with van der Waals surface area (Å²) < 4.78 is 16.2. The molecule has 1 atom stereocenters. The van der Waals surface area contributed by atoms with Gasteiger partial charge in [0, 0.05) is 36.3 Å². The molecule has 0 aromatic heterocycles. The molecular weight excluding hydrogens is 432 g/mol. The van der Waals surface area contributed by atoms with Crippen molar-refractivity contribution in [3.63, 3.8) is 0 Å². The van der Waals surface area contributed by atoms with E-state index in [1.165, 1.54) is 19.1 Å². The van der Waals surface area contributed by atoms with Crippen molar-refractivity contribution >= 4 is 23.4 Å². The standard InChI is InChI=1S/C24H31ClN2O5/c1-16(2)13-26-24(29)17(3)27(14-18-8-6-7-9-22(18)25)23(28)15-32-21-11-19(30-4)10-20(12-21)31-5/h6-12,16-17H,13-15H2,1-5H3,(H,26,29). The number of hydrogen-bond acceptors (Lipinski definition) is 5. The van der Waals surface area contributed by atoms with E-state index in [-0.39, 0.29) is 25.0 Å². The van der Waals surface area contributed by atoms with Crippen molar-refractivity contribution in [3.05, 3.63) is 53.1 Å². The number of rotatable bonds is 11. The van der Waals surface area contributed by atoms with Gasteiger partial charge in [-0.2, -0.15) is 0 Å². The maximum Gasteiger partial charge on any atom is 0.261 e. The Morgan fingerprint density at radius 2 is 1.59 bits per heavy atom. The van der Waals surface area contributed by atoms with Crippen LogP contribution in [0, 0.1) is 5.92 Å². The van der Waals surface area contributed by atoms with E-state index in [4.69, 9.17) is 25.8 Å². The molecule has 0 aliphatic carbocycles. The highest BCUT2D eigenvalue weighted by Crippen LogP contribution is 2.27. The lowest BCUT2D eigenvalue weighted by Crippen LogP contribution is -2.49. The second-order valence-electron chi connectivity index (χ2n) is 7.77. The van der Waals surface area contributed by atoms with Gasteiger partial charge in [0.25, 0.3) is 5.91 Å². The Kier molecular flexibility index (Phi) is 9.65. The lowest BCUT2D eigenvalue weighted by atomic mass is 10.1. The molecule has 0 radical (unpaired) electrons. The summed E-state index contributed by atoms with van der Waals surface area (Å²) in [5, 5.41) is 3.41. The second kappa shape index (κ2) is 12.2. The zero-order chi connectivity index (χ0) is 23.7. The van der Waals surface area contributed by atoms with Gasteiger partial charge in [0.05, 0.1) is 14.2 Å². The molecular formula is C24H31ClN2O5. The molecule has 8 heteroatoms. The molecule has 0 bridgehead atoms. The maximum absolute atomic E-state index is 13.1. The molecule has 2 rings (SSSR count). The molecule has 0 fully saturated rings. The molecule has 0 spiro atoms. The summed E-state index contributed by atoms with van der Waals surface area (Å²) in [6, 6.07) is 11.6. The average molecular weight is 463 g/mol. The average Bonchev–Trinajstić information content (AvgIpc) is 2.79. The fourth-order valence-corrected chi connectivity index (χ4v) is 3.13. The Hall–Kier alpha value is -2.93. The van der Waals surface area contributed by atoms with Crippen molar-refractivity contribution in [2.24, 2.45) is 5.92 Å². The number of benzene rings is 2. The summed E-state index contributed by atoms with van der Waals surface area (Å²) in [4.78, 5) is 27.3. The predicted molar refractivity (Wildman–Crippen MR) is 124 cm³/mol. The van der Waals surface area contributed by atoms with E-state index in [0.717, 1.165) is 5.56 Å². The number of halogens is 1. The minimum Gasteiger partial charge on any atom is -0.496 e. The van der Waals surface area contributed by atoms with Crippen LogP contribution >= 0.6 is 11.6 Å². The van der Waals surface area contributed by atoms with Crippen LogP contribution in [0.1, 0.15) is 26.3 Å². The lowest BCUT2D eigenvalue weighted by Gasteiger charge is -2.29. The van der Waals surface area contributed by atoms with Gasteiger partial charge in [-0.3, -0.25) is 9.59 Å². The van der Waals surface area contributed by atoms with Gasteiger partial charge in [-0.1, -0.05) is 43.6 Å². The molecule has 7 nitrogen and oxygen atoms in total. The van der Waals surface area contributed by atoms with Gasteiger partial charge in [0.2, 0.25) is 5.91 Å². The van der Waals surface area contributed by atoms with E-state index in [9.17, 15) is 9.59 Å². The van der Waals surface area contributed by atoms with Gasteiger partial charge in [-0.15, -0.1) is 0 Å². The van der Waals surface area contributed by atoms with Gasteiger partial charge in [0.1, 0.15) is 23.3 Å². The molecule has 2 aromatic rings. The van der Waals surface area contributed by atoms with Crippen LogP contribution in [0.5, 0.6) is 17.2 Å². The first-order valence-corrected chi connectivity index (χ1v) is 10.8. The summed E-state index contributed by atoms with van der Waals surface area (Å²) in [6.07, 6.45) is 0. The van der Waals surface area contributed by atoms with Gasteiger partial charge in [0.15, 0.2) is 6.61 Å². The number of carbonyl (C=O) groups excluding carboxylic acids is 2. The zero-order valence-electron chi connectivity index (χ0n) is 19.2. The molecule has 2 aromatic carbocycles. The largest absolute Gasteiger partial charge is 0.496 e. The fourth-order valence-electron chi connectivity index (χ4n) is 2.94. The number of methoxy groups -OCH3 is 2. The molecule has 0 saturated carbocycles. The van der Waals surface area contributed by atoms with E-state index >= 15 is 0 Å². The van der Waals surface area contributed by atoms with Crippen molar-refractivity contribution in [1.29, 1.82) is 0 Å². The zero-order valence-corrected chi connectivity index (χ0v) is 19.9. The van der Waals surface area contributed by atoms with E-state index in [2.05, 4.69) is 5.32 Å². The third-order valence-corrected chi connectivity index (χ3v) is 5.21. The fraction of sp³-hybridized carbons (Fsp3) is 0.417. The van der Waals surface area contributed by atoms with Crippen LogP contribution in [-0.4, -0.2) is 50.1 Å². The number of amides is 2. The molecule has 32 heavy (non-hydrogen) atoms. The summed E-state index contributed by atoms with van der Waals surface area (Å²) in [6.45, 7) is 6.15. The summed E-state index contributed by atoms with van der Waals surface area (Å²) in [7, 11) is 3.07. The molecule has 1 unspecified atom stereocenters. The quantitative estimate of drug-likeness (QED) is 0.547. The third kappa shape index (κ3) is 7.34. The Morgan fingerprint density at radius 1 is 1.00 bits per heavy atom. The Balaban J connectivity index is 2.19. The van der Waals surface area contributed by atoms with Gasteiger partial charge >= 0.3 is 0 Å². The van der Waals surface area contributed by atoms with E-state index < -0.39 is 6.04 Å². The number of carbonyl (C=O) groups is 2. The highest BCUT2D eigenvalue weighted by Gasteiger charge is 2.27. The van der Waals surface area contributed by atoms with Crippen LogP contribution in [0.2, 0.25) is 5.02 Å². The van der Waals surface area contributed by atoms with E-state index in [1.807, 2.05) is 32.0 Å². The van der Waals surface area contributed by atoms with Crippen LogP contribution < -0.4 is 19.5 Å². The second-order valence-corrected chi connectivity index (χ2v) is 8.17. The van der Waals surface area contributed by atoms with Crippen LogP contribution in [-0.2, 0) is 16.1 Å². The monoisotopic (exact) mass is 462 g/mol. The van der Waals surface area contributed by atoms with E-state index in [0.29, 0.717) is 34.7 Å². The molecule has 1 N–H and O–H groups in total. The van der Waals surface area contributed by atoms with Gasteiger partial charge in [-0.05, 0) is 24.5 Å². The van der Waals surface area contributed by atoms with Crippen LogP contribution in [0.3, 0.4) is 0 Å². The van der Waals surface area contributed by atoms with E-state index in [1.54, 1.807) is 31.2 Å². The number of ether oxygens (including phenoxy) is 3. The van der Waals surface area contributed by atoms with Crippen LogP contribution in [0.25, 0.3) is 0 Å². The molecule has 0 aliphatic rings. The molecule has 174 valence electrons. The maximum atomic E-state index is 13.1. The lowest BCUT2D eigenvalue weighted by molar-refractivity contribution is -0.142. The Labute approximate surface area is 194 Å². The van der Waals surface area contributed by atoms with Crippen LogP contribution in [0.15, 0.2) is 42.5 Å². The van der Waals surface area contributed by atoms with Gasteiger partial charge in [-0.25, -0.2) is 0 Å². The number of nitrogens with one attached hydrogen (secondary N) is 1. The van der Waals surface area contributed by atoms with Crippen molar-refractivity contribution < 1.29 is 23.8 Å². The topological polar surface area (TPSA) is 77.1 Å². The Bertz CT molecular complexity index is 897. The normalized spacial score (nSPS) is 11.6. The summed E-state index contributed by atoms with van der Waals surface area (Å²) >= 11 is 6.30. The minimum absolute atomic E-state index is 0.180. The van der Waals surface area contributed by atoms with Crippen molar-refractivity contribution in [2.75, 3.05) is 27.4 Å². The molecule has 0 aliphatic heterocycles. The smallest absolute Gasteiger partial charge is 0.261 e. The summed E-state index contributed by atoms with van der Waals surface area (Å²) in [5.41, 5.74) is 0.745. The van der Waals surface area contributed by atoms with Crippen molar-refractivity contribution in [3.8, 4) is 17.2 Å².